The van der Waals surface area contributed by atoms with Crippen molar-refractivity contribution in [3.05, 3.63) is 70.3 Å². The van der Waals surface area contributed by atoms with Crippen LogP contribution in [-0.2, 0) is 27.4 Å². The molecule has 0 saturated carbocycles. The Kier molecular flexibility index (Phi) is 7.99. The number of carbonyl (C=O) groups is 2. The number of rotatable bonds is 6. The molecule has 1 N–H and O–H groups in total. The van der Waals surface area contributed by atoms with Crippen molar-refractivity contribution in [3.8, 4) is 0 Å². The number of hydrogen-bond acceptors (Lipinski definition) is 5. The van der Waals surface area contributed by atoms with E-state index in [2.05, 4.69) is 10.3 Å². The van der Waals surface area contributed by atoms with Crippen LogP contribution in [0.3, 0.4) is 0 Å². The molecule has 2 aromatic rings. The van der Waals surface area contributed by atoms with Crippen molar-refractivity contribution in [1.29, 1.82) is 0 Å². The molecule has 2 amide bonds. The van der Waals surface area contributed by atoms with Gasteiger partial charge in [-0.1, -0.05) is 18.2 Å². The number of hydrogen-bond donors (Lipinski definition) is 1. The number of sulfonamides is 1. The molecule has 41 heavy (non-hydrogen) atoms. The van der Waals surface area contributed by atoms with Gasteiger partial charge in [0, 0.05) is 37.3 Å². The van der Waals surface area contributed by atoms with E-state index < -0.39 is 33.2 Å². The van der Waals surface area contributed by atoms with Crippen LogP contribution >= 0.6 is 0 Å². The summed E-state index contributed by atoms with van der Waals surface area (Å²) in [5.74, 6) is -0.485. The fraction of sp³-hybridized carbons (Fsp3) is 0.483. The zero-order chi connectivity index (χ0) is 29.4. The van der Waals surface area contributed by atoms with E-state index in [1.807, 2.05) is 24.0 Å². The number of likely N-dealkylation sites (tertiary alicyclic amines) is 1. The summed E-state index contributed by atoms with van der Waals surface area (Å²) in [5, 5.41) is 2.60. The van der Waals surface area contributed by atoms with Crippen LogP contribution in [0.5, 0.6) is 0 Å². The lowest BCUT2D eigenvalue weighted by molar-refractivity contribution is -0.137. The standard InChI is InChI=1S/C29H33F3N4O4S/c1-20-18-23(26(37)35-13-3-2-4-14-35)9-8-21(20)10-17-41(39,40)36-15-11-28(12-16-36)27(38)33-25(34-28)22-6-5-7-24(19-22)29(30,31)32/h5-9,18-19H,2-4,10-17H2,1H3,(H,33,34,38). The minimum Gasteiger partial charge on any atom is -0.339 e. The molecule has 1 spiro atoms. The Morgan fingerprint density at radius 2 is 1.73 bits per heavy atom. The van der Waals surface area contributed by atoms with Gasteiger partial charge in [-0.25, -0.2) is 12.7 Å². The van der Waals surface area contributed by atoms with Crippen molar-refractivity contribution in [2.24, 2.45) is 4.99 Å². The maximum Gasteiger partial charge on any atom is 0.416 e. The summed E-state index contributed by atoms with van der Waals surface area (Å²) in [6.07, 6.45) is -0.832. The van der Waals surface area contributed by atoms with Crippen molar-refractivity contribution >= 4 is 27.7 Å². The number of nitrogens with one attached hydrogen (secondary N) is 1. The molecule has 2 aromatic carbocycles. The lowest BCUT2D eigenvalue weighted by Gasteiger charge is -2.34. The molecular formula is C29H33F3N4O4S. The van der Waals surface area contributed by atoms with Gasteiger partial charge in [0.1, 0.15) is 11.4 Å². The molecule has 8 nitrogen and oxygen atoms in total. The maximum atomic E-state index is 13.2. The number of amidine groups is 1. The van der Waals surface area contributed by atoms with E-state index >= 15 is 0 Å². The predicted octanol–water partition coefficient (Wildman–Crippen LogP) is 3.92. The van der Waals surface area contributed by atoms with Crippen molar-refractivity contribution < 1.29 is 31.2 Å². The molecule has 5 rings (SSSR count). The van der Waals surface area contributed by atoms with E-state index in [1.165, 1.54) is 16.4 Å². The van der Waals surface area contributed by atoms with Gasteiger partial charge in [-0.3, -0.25) is 14.6 Å². The number of aryl methyl sites for hydroxylation is 2. The van der Waals surface area contributed by atoms with Gasteiger partial charge in [0.2, 0.25) is 10.0 Å². The van der Waals surface area contributed by atoms with Crippen molar-refractivity contribution in [2.45, 2.75) is 57.2 Å². The van der Waals surface area contributed by atoms with E-state index in [1.54, 1.807) is 6.07 Å². The van der Waals surface area contributed by atoms with Crippen LogP contribution < -0.4 is 5.32 Å². The molecule has 3 aliphatic heterocycles. The lowest BCUT2D eigenvalue weighted by atomic mass is 9.89. The third kappa shape index (κ3) is 6.18. The summed E-state index contributed by atoms with van der Waals surface area (Å²) < 4.78 is 67.1. The molecule has 0 bridgehead atoms. The second kappa shape index (κ2) is 11.2. The molecule has 0 radical (unpaired) electrons. The van der Waals surface area contributed by atoms with Gasteiger partial charge in [0.25, 0.3) is 11.8 Å². The van der Waals surface area contributed by atoms with Gasteiger partial charge in [-0.15, -0.1) is 0 Å². The normalized spacial score (nSPS) is 19.8. The van der Waals surface area contributed by atoms with Crippen LogP contribution in [0.1, 0.15) is 64.7 Å². The number of nitrogens with zero attached hydrogens (tertiary/aromatic N) is 3. The van der Waals surface area contributed by atoms with Gasteiger partial charge in [0.05, 0.1) is 11.3 Å². The minimum atomic E-state index is -4.53. The molecule has 0 aromatic heterocycles. The lowest BCUT2D eigenvalue weighted by Crippen LogP contribution is -2.50. The molecule has 2 saturated heterocycles. The molecule has 3 heterocycles. The maximum absolute atomic E-state index is 13.2. The second-order valence-electron chi connectivity index (χ2n) is 11.0. The number of alkyl halides is 3. The fourth-order valence-electron chi connectivity index (χ4n) is 5.73. The summed E-state index contributed by atoms with van der Waals surface area (Å²) >= 11 is 0. The zero-order valence-electron chi connectivity index (χ0n) is 22.8. The summed E-state index contributed by atoms with van der Waals surface area (Å²) in [6, 6.07) is 10.00. The van der Waals surface area contributed by atoms with E-state index in [4.69, 9.17) is 0 Å². The predicted molar refractivity (Wildman–Crippen MR) is 148 cm³/mol. The average Bonchev–Trinajstić information content (AvgIpc) is 3.27. The SMILES string of the molecule is Cc1cc(C(=O)N2CCCCC2)ccc1CCS(=O)(=O)N1CCC2(CC1)N=C(c1cccc(C(F)(F)F)c1)NC2=O. The highest BCUT2D eigenvalue weighted by molar-refractivity contribution is 7.89. The van der Waals surface area contributed by atoms with E-state index in [9.17, 15) is 31.2 Å². The summed E-state index contributed by atoms with van der Waals surface area (Å²) in [7, 11) is -3.64. The molecule has 3 aliphatic rings. The molecule has 0 atom stereocenters. The Bertz CT molecular complexity index is 1480. The quantitative estimate of drug-likeness (QED) is 0.552. The van der Waals surface area contributed by atoms with Gasteiger partial charge < -0.3 is 10.2 Å². The Morgan fingerprint density at radius 1 is 1.02 bits per heavy atom. The molecule has 0 aliphatic carbocycles. The zero-order valence-corrected chi connectivity index (χ0v) is 23.7. The van der Waals surface area contributed by atoms with Gasteiger partial charge >= 0.3 is 6.18 Å². The van der Waals surface area contributed by atoms with E-state index in [0.717, 1.165) is 55.6 Å². The number of piperidine rings is 2. The smallest absolute Gasteiger partial charge is 0.339 e. The molecular weight excluding hydrogens is 557 g/mol. The molecule has 0 unspecified atom stereocenters. The third-order valence-corrected chi connectivity index (χ3v) is 10.1. The van der Waals surface area contributed by atoms with Gasteiger partial charge in [-0.05, 0) is 80.8 Å². The van der Waals surface area contributed by atoms with Gasteiger partial charge in [-0.2, -0.15) is 13.2 Å². The fourth-order valence-corrected chi connectivity index (χ4v) is 7.20. The highest BCUT2D eigenvalue weighted by atomic mass is 32.2. The summed E-state index contributed by atoms with van der Waals surface area (Å²) in [4.78, 5) is 32.0. The van der Waals surface area contributed by atoms with Crippen LogP contribution in [0.25, 0.3) is 0 Å². The first-order valence-electron chi connectivity index (χ1n) is 13.8. The number of benzene rings is 2. The first-order valence-corrected chi connectivity index (χ1v) is 15.4. The topological polar surface area (TPSA) is 99.2 Å². The summed E-state index contributed by atoms with van der Waals surface area (Å²) in [5.41, 5.74) is 0.425. The Hall–Kier alpha value is -3.25. The number of aliphatic imine (C=N–C) groups is 1. The highest BCUT2D eigenvalue weighted by Crippen LogP contribution is 2.34. The van der Waals surface area contributed by atoms with Gasteiger partial charge in [0.15, 0.2) is 0 Å². The Labute approximate surface area is 237 Å². The second-order valence-corrected chi connectivity index (χ2v) is 13.1. The van der Waals surface area contributed by atoms with Crippen molar-refractivity contribution in [3.63, 3.8) is 0 Å². The largest absolute Gasteiger partial charge is 0.416 e. The Morgan fingerprint density at radius 3 is 2.39 bits per heavy atom. The van der Waals surface area contributed by atoms with E-state index in [-0.39, 0.29) is 55.4 Å². The molecule has 220 valence electrons. The summed E-state index contributed by atoms with van der Waals surface area (Å²) in [6.45, 7) is 3.55. The van der Waals surface area contributed by atoms with Crippen LogP contribution in [0.2, 0.25) is 0 Å². The van der Waals surface area contributed by atoms with Crippen LogP contribution in [0.15, 0.2) is 47.5 Å². The van der Waals surface area contributed by atoms with Crippen molar-refractivity contribution in [1.82, 2.24) is 14.5 Å². The van der Waals surface area contributed by atoms with Crippen LogP contribution in [0.4, 0.5) is 13.2 Å². The number of carbonyl (C=O) groups excluding carboxylic acids is 2. The number of amides is 2. The van der Waals surface area contributed by atoms with Crippen LogP contribution in [-0.4, -0.2) is 72.7 Å². The highest BCUT2D eigenvalue weighted by Gasteiger charge is 2.47. The molecule has 2 fully saturated rings. The monoisotopic (exact) mass is 590 g/mol. The first kappa shape index (κ1) is 29.2. The molecule has 12 heteroatoms. The van der Waals surface area contributed by atoms with Crippen molar-refractivity contribution in [2.75, 3.05) is 31.9 Å². The Balaban J connectivity index is 1.21. The van der Waals surface area contributed by atoms with Crippen LogP contribution in [0, 0.1) is 6.92 Å². The minimum absolute atomic E-state index is 0.00374. The number of halogens is 3. The third-order valence-electron chi connectivity index (χ3n) is 8.25. The van der Waals surface area contributed by atoms with E-state index in [0.29, 0.717) is 5.56 Å². The first-order chi connectivity index (χ1) is 19.4. The average molecular weight is 591 g/mol.